The van der Waals surface area contributed by atoms with Crippen molar-refractivity contribution in [3.8, 4) is 0 Å². The molecule has 0 amide bonds. The third-order valence-electron chi connectivity index (χ3n) is 2.69. The van der Waals surface area contributed by atoms with Crippen LogP contribution >= 0.6 is 11.6 Å². The van der Waals surface area contributed by atoms with Crippen LogP contribution in [-0.2, 0) is 16.4 Å². The lowest BCUT2D eigenvalue weighted by Gasteiger charge is -2.22. The number of aliphatic imine (C=N–C) groups is 1. The van der Waals surface area contributed by atoms with Gasteiger partial charge >= 0.3 is 0 Å². The molecule has 0 aliphatic rings. The first kappa shape index (κ1) is 16.8. The fourth-order valence-corrected chi connectivity index (χ4v) is 2.36. The maximum absolute atomic E-state index is 11.1. The molecule has 5 nitrogen and oxygen atoms in total. The van der Waals surface area contributed by atoms with Gasteiger partial charge in [0.15, 0.2) is 5.96 Å². The van der Waals surface area contributed by atoms with Crippen LogP contribution in [-0.4, -0.2) is 51.9 Å². The molecule has 0 aromatic heterocycles. The number of benzene rings is 1. The van der Waals surface area contributed by atoms with Crippen LogP contribution in [0.5, 0.6) is 0 Å². The standard InChI is InChI=1S/C13H20ClN3O2S/c1-15-13(16-8-9-20(3,18)19)17(2)10-11-6-4-5-7-12(11)14/h4-7H,8-10H2,1-3H3,(H,15,16). The molecule has 0 spiro atoms. The predicted octanol–water partition coefficient (Wildman–Crippen LogP) is 1.39. The average Bonchev–Trinajstić information content (AvgIpc) is 2.36. The minimum atomic E-state index is -2.98. The highest BCUT2D eigenvalue weighted by atomic mass is 35.5. The van der Waals surface area contributed by atoms with E-state index in [1.807, 2.05) is 36.2 Å². The van der Waals surface area contributed by atoms with Gasteiger partial charge in [0.25, 0.3) is 0 Å². The fraction of sp³-hybridized carbons (Fsp3) is 0.462. The number of halogens is 1. The second-order valence-corrected chi connectivity index (χ2v) is 7.22. The van der Waals surface area contributed by atoms with Gasteiger partial charge in [-0.15, -0.1) is 0 Å². The molecule has 0 atom stereocenters. The van der Waals surface area contributed by atoms with Gasteiger partial charge in [-0.1, -0.05) is 29.8 Å². The number of nitrogens with zero attached hydrogens (tertiary/aromatic N) is 2. The molecule has 0 heterocycles. The number of hydrogen-bond acceptors (Lipinski definition) is 3. The maximum Gasteiger partial charge on any atom is 0.193 e. The molecule has 1 aromatic rings. The number of hydrogen-bond donors (Lipinski definition) is 1. The van der Waals surface area contributed by atoms with Crippen LogP contribution in [0, 0.1) is 0 Å². The molecule has 0 aliphatic heterocycles. The third kappa shape index (κ3) is 5.79. The van der Waals surface area contributed by atoms with Crippen molar-refractivity contribution in [3.05, 3.63) is 34.9 Å². The zero-order chi connectivity index (χ0) is 15.2. The van der Waals surface area contributed by atoms with Crippen LogP contribution in [0.3, 0.4) is 0 Å². The van der Waals surface area contributed by atoms with Crippen LogP contribution in [0.1, 0.15) is 5.56 Å². The van der Waals surface area contributed by atoms with Gasteiger partial charge in [0.1, 0.15) is 9.84 Å². The molecular weight excluding hydrogens is 298 g/mol. The number of sulfone groups is 1. The molecule has 0 unspecified atom stereocenters. The van der Waals surface area contributed by atoms with Crippen molar-refractivity contribution in [2.24, 2.45) is 4.99 Å². The molecule has 0 saturated carbocycles. The Balaban J connectivity index is 2.60. The van der Waals surface area contributed by atoms with E-state index in [1.54, 1.807) is 7.05 Å². The Kier molecular flexibility index (Phi) is 6.29. The molecule has 1 N–H and O–H groups in total. The number of rotatable bonds is 5. The van der Waals surface area contributed by atoms with Gasteiger partial charge in [0, 0.05) is 38.5 Å². The molecular formula is C13H20ClN3O2S. The van der Waals surface area contributed by atoms with Crippen molar-refractivity contribution < 1.29 is 8.42 Å². The lowest BCUT2D eigenvalue weighted by molar-refractivity contribution is 0.479. The van der Waals surface area contributed by atoms with E-state index < -0.39 is 9.84 Å². The molecule has 20 heavy (non-hydrogen) atoms. The third-order valence-corrected chi connectivity index (χ3v) is 4.01. The molecule has 0 saturated heterocycles. The van der Waals surface area contributed by atoms with Gasteiger partial charge in [0.2, 0.25) is 0 Å². The van der Waals surface area contributed by atoms with Crippen LogP contribution in [0.25, 0.3) is 0 Å². The van der Waals surface area contributed by atoms with E-state index in [4.69, 9.17) is 11.6 Å². The van der Waals surface area contributed by atoms with Crippen LogP contribution in [0.4, 0.5) is 0 Å². The van der Waals surface area contributed by atoms with Crippen molar-refractivity contribution in [3.63, 3.8) is 0 Å². The first-order valence-electron chi connectivity index (χ1n) is 6.16. The van der Waals surface area contributed by atoms with Gasteiger partial charge < -0.3 is 10.2 Å². The summed E-state index contributed by atoms with van der Waals surface area (Å²) in [5, 5.41) is 3.72. The molecule has 7 heteroatoms. The summed E-state index contributed by atoms with van der Waals surface area (Å²) in [7, 11) is 0.556. The smallest absolute Gasteiger partial charge is 0.193 e. The monoisotopic (exact) mass is 317 g/mol. The largest absolute Gasteiger partial charge is 0.355 e. The summed E-state index contributed by atoms with van der Waals surface area (Å²) in [6.07, 6.45) is 1.21. The van der Waals surface area contributed by atoms with Crippen molar-refractivity contribution in [2.45, 2.75) is 6.54 Å². The van der Waals surface area contributed by atoms with Gasteiger partial charge in [-0.3, -0.25) is 4.99 Å². The first-order valence-corrected chi connectivity index (χ1v) is 8.60. The number of nitrogens with one attached hydrogen (secondary N) is 1. The lowest BCUT2D eigenvalue weighted by Crippen LogP contribution is -2.40. The topological polar surface area (TPSA) is 61.8 Å². The van der Waals surface area contributed by atoms with Gasteiger partial charge in [-0.25, -0.2) is 8.42 Å². The fourth-order valence-electron chi connectivity index (χ4n) is 1.69. The maximum atomic E-state index is 11.1. The number of guanidine groups is 1. The minimum absolute atomic E-state index is 0.0754. The Bertz CT molecular complexity index is 573. The van der Waals surface area contributed by atoms with E-state index in [0.717, 1.165) is 5.56 Å². The Morgan fingerprint density at radius 3 is 2.60 bits per heavy atom. The summed E-state index contributed by atoms with van der Waals surface area (Å²) < 4.78 is 22.2. The van der Waals surface area contributed by atoms with Crippen LogP contribution < -0.4 is 5.32 Å². The Morgan fingerprint density at radius 2 is 2.05 bits per heavy atom. The molecule has 1 aromatic carbocycles. The molecule has 112 valence electrons. The second-order valence-electron chi connectivity index (χ2n) is 4.55. The first-order chi connectivity index (χ1) is 9.33. The summed E-state index contributed by atoms with van der Waals surface area (Å²) >= 11 is 6.11. The Labute approximate surface area is 125 Å². The van der Waals surface area contributed by atoms with Crippen molar-refractivity contribution >= 4 is 27.4 Å². The van der Waals surface area contributed by atoms with E-state index in [9.17, 15) is 8.42 Å². The summed E-state index contributed by atoms with van der Waals surface area (Å²) in [4.78, 5) is 6.02. The normalized spacial score (nSPS) is 12.3. The molecule has 0 fully saturated rings. The summed E-state index contributed by atoms with van der Waals surface area (Å²) in [6.45, 7) is 0.927. The minimum Gasteiger partial charge on any atom is -0.355 e. The van der Waals surface area contributed by atoms with Gasteiger partial charge in [0.05, 0.1) is 5.75 Å². The molecule has 0 radical (unpaired) electrons. The van der Waals surface area contributed by atoms with E-state index in [0.29, 0.717) is 24.1 Å². The highest BCUT2D eigenvalue weighted by molar-refractivity contribution is 7.90. The zero-order valence-electron chi connectivity index (χ0n) is 11.9. The lowest BCUT2D eigenvalue weighted by atomic mass is 10.2. The quantitative estimate of drug-likeness (QED) is 0.658. The second kappa shape index (κ2) is 7.50. The average molecular weight is 318 g/mol. The van der Waals surface area contributed by atoms with E-state index in [1.165, 1.54) is 6.26 Å². The summed E-state index contributed by atoms with van der Waals surface area (Å²) in [6, 6.07) is 7.59. The summed E-state index contributed by atoms with van der Waals surface area (Å²) in [5.74, 6) is 0.708. The zero-order valence-corrected chi connectivity index (χ0v) is 13.5. The predicted molar refractivity (Wildman–Crippen MR) is 84.0 cm³/mol. The Hall–Kier alpha value is -1.27. The van der Waals surface area contributed by atoms with Crippen molar-refractivity contribution in [2.75, 3.05) is 32.6 Å². The molecule has 0 aliphatic carbocycles. The highest BCUT2D eigenvalue weighted by Gasteiger charge is 2.09. The van der Waals surface area contributed by atoms with E-state index in [2.05, 4.69) is 10.3 Å². The van der Waals surface area contributed by atoms with Crippen LogP contribution in [0.15, 0.2) is 29.3 Å². The SMILES string of the molecule is CN=C(NCCS(C)(=O)=O)N(C)Cc1ccccc1Cl. The summed E-state index contributed by atoms with van der Waals surface area (Å²) in [5.41, 5.74) is 0.989. The van der Waals surface area contributed by atoms with Crippen molar-refractivity contribution in [1.82, 2.24) is 10.2 Å². The van der Waals surface area contributed by atoms with Crippen molar-refractivity contribution in [1.29, 1.82) is 0 Å². The molecule has 1 rings (SSSR count). The Morgan fingerprint density at radius 1 is 1.40 bits per heavy atom. The van der Waals surface area contributed by atoms with Gasteiger partial charge in [-0.05, 0) is 11.6 Å². The van der Waals surface area contributed by atoms with Crippen LogP contribution in [0.2, 0.25) is 5.02 Å². The van der Waals surface area contributed by atoms with E-state index in [-0.39, 0.29) is 5.75 Å². The van der Waals surface area contributed by atoms with Gasteiger partial charge in [-0.2, -0.15) is 0 Å². The molecule has 0 bridgehead atoms. The highest BCUT2D eigenvalue weighted by Crippen LogP contribution is 2.16. The van der Waals surface area contributed by atoms with E-state index >= 15 is 0 Å².